The second kappa shape index (κ2) is 11.6. The third kappa shape index (κ3) is 5.66. The molecule has 6 heteroatoms. The summed E-state index contributed by atoms with van der Waals surface area (Å²) >= 11 is 1.46. The summed E-state index contributed by atoms with van der Waals surface area (Å²) in [6.45, 7) is 5.06. The Bertz CT molecular complexity index is 1050. The Morgan fingerprint density at radius 2 is 1.91 bits per heavy atom. The van der Waals surface area contributed by atoms with Gasteiger partial charge in [-0.25, -0.2) is 4.99 Å². The largest absolute Gasteiger partial charge is 0.493 e. The van der Waals surface area contributed by atoms with Crippen molar-refractivity contribution >= 4 is 34.6 Å². The maximum Gasteiger partial charge on any atom is 0.267 e. The zero-order valence-corrected chi connectivity index (χ0v) is 21.1. The van der Waals surface area contributed by atoms with Gasteiger partial charge in [0.25, 0.3) is 5.91 Å². The number of rotatable bonds is 8. The standard InChI is InChI=1S/C28H34N2O3S/c1-4-5-17-33-24-16-15-21(18-25(24)32-3)19-26-27(31)30(23-14-10-9-11-20(23)2)28(34-26)29-22-12-7-6-8-13-22/h6-8,12-13,15-16,18-20,23H,4-5,9-11,14,17H2,1-3H3/b26-19-,29-28?/t20-,23-/m0/s1. The number of hydrogen-bond acceptors (Lipinski definition) is 5. The molecular formula is C28H34N2O3S. The maximum absolute atomic E-state index is 13.7. The predicted octanol–water partition coefficient (Wildman–Crippen LogP) is 7.06. The number of amidine groups is 1. The zero-order chi connectivity index (χ0) is 23.9. The van der Waals surface area contributed by atoms with Gasteiger partial charge in [0.1, 0.15) is 0 Å². The highest BCUT2D eigenvalue weighted by Gasteiger charge is 2.41. The molecule has 2 fully saturated rings. The lowest BCUT2D eigenvalue weighted by Crippen LogP contribution is -2.44. The van der Waals surface area contributed by atoms with E-state index in [1.807, 2.05) is 59.5 Å². The third-order valence-electron chi connectivity index (χ3n) is 6.46. The Hall–Kier alpha value is -2.73. The molecule has 4 rings (SSSR count). The number of hydrogen-bond donors (Lipinski definition) is 0. The average Bonchev–Trinajstić information content (AvgIpc) is 3.15. The van der Waals surface area contributed by atoms with Crippen molar-refractivity contribution < 1.29 is 14.3 Å². The Balaban J connectivity index is 1.64. The summed E-state index contributed by atoms with van der Waals surface area (Å²) in [5, 5.41) is 0.771. The smallest absolute Gasteiger partial charge is 0.267 e. The number of nitrogens with zero attached hydrogens (tertiary/aromatic N) is 2. The fourth-order valence-corrected chi connectivity index (χ4v) is 5.57. The number of ether oxygens (including phenoxy) is 2. The van der Waals surface area contributed by atoms with Crippen LogP contribution in [0.3, 0.4) is 0 Å². The molecule has 1 saturated carbocycles. The quantitative estimate of drug-likeness (QED) is 0.301. The van der Waals surface area contributed by atoms with Crippen LogP contribution in [0.5, 0.6) is 11.5 Å². The number of carbonyl (C=O) groups excluding carboxylic acids is 1. The van der Waals surface area contributed by atoms with Crippen LogP contribution in [-0.4, -0.2) is 35.7 Å². The number of carbonyl (C=O) groups is 1. The van der Waals surface area contributed by atoms with E-state index in [1.165, 1.54) is 18.2 Å². The molecule has 0 N–H and O–H groups in total. The Kier molecular flexibility index (Phi) is 8.33. The van der Waals surface area contributed by atoms with E-state index in [0.717, 1.165) is 54.3 Å². The van der Waals surface area contributed by atoms with Gasteiger partial charge in [0.2, 0.25) is 0 Å². The van der Waals surface area contributed by atoms with Gasteiger partial charge in [-0.05, 0) is 72.8 Å². The van der Waals surface area contributed by atoms with E-state index in [1.54, 1.807) is 7.11 Å². The first-order valence-corrected chi connectivity index (χ1v) is 13.1. The summed E-state index contributed by atoms with van der Waals surface area (Å²) in [7, 11) is 1.64. The second-order valence-corrected chi connectivity index (χ2v) is 9.97. The van der Waals surface area contributed by atoms with Crippen molar-refractivity contribution in [3.63, 3.8) is 0 Å². The van der Waals surface area contributed by atoms with Gasteiger partial charge in [0.15, 0.2) is 16.7 Å². The fraction of sp³-hybridized carbons (Fsp3) is 0.429. The summed E-state index contributed by atoms with van der Waals surface area (Å²) < 4.78 is 11.4. The van der Waals surface area contributed by atoms with E-state index in [-0.39, 0.29) is 11.9 Å². The topological polar surface area (TPSA) is 51.1 Å². The number of methoxy groups -OCH3 is 1. The van der Waals surface area contributed by atoms with Gasteiger partial charge >= 0.3 is 0 Å². The molecule has 1 aliphatic carbocycles. The lowest BCUT2D eigenvalue weighted by molar-refractivity contribution is -0.124. The van der Waals surface area contributed by atoms with E-state index < -0.39 is 0 Å². The zero-order valence-electron chi connectivity index (χ0n) is 20.3. The van der Waals surface area contributed by atoms with E-state index in [2.05, 4.69) is 13.8 Å². The minimum Gasteiger partial charge on any atom is -0.493 e. The summed E-state index contributed by atoms with van der Waals surface area (Å²) in [5.41, 5.74) is 1.77. The molecule has 0 bridgehead atoms. The summed E-state index contributed by atoms with van der Waals surface area (Å²) in [6, 6.07) is 15.9. The fourth-order valence-electron chi connectivity index (χ4n) is 4.52. The number of amides is 1. The summed E-state index contributed by atoms with van der Waals surface area (Å²) in [4.78, 5) is 21.2. The van der Waals surface area contributed by atoms with Crippen LogP contribution in [0.1, 0.15) is 57.9 Å². The molecule has 1 heterocycles. The van der Waals surface area contributed by atoms with Gasteiger partial charge < -0.3 is 9.47 Å². The third-order valence-corrected chi connectivity index (χ3v) is 7.44. The van der Waals surface area contributed by atoms with Gasteiger partial charge in [-0.3, -0.25) is 9.69 Å². The lowest BCUT2D eigenvalue weighted by atomic mass is 9.85. The van der Waals surface area contributed by atoms with Crippen LogP contribution >= 0.6 is 11.8 Å². The van der Waals surface area contributed by atoms with Crippen molar-refractivity contribution in [3.05, 3.63) is 59.0 Å². The molecule has 1 amide bonds. The van der Waals surface area contributed by atoms with E-state index >= 15 is 0 Å². The first-order valence-electron chi connectivity index (χ1n) is 12.3. The van der Waals surface area contributed by atoms with Crippen LogP contribution in [-0.2, 0) is 4.79 Å². The molecule has 5 nitrogen and oxygen atoms in total. The molecular weight excluding hydrogens is 444 g/mol. The highest BCUT2D eigenvalue weighted by Crippen LogP contribution is 2.40. The van der Waals surface area contributed by atoms with Gasteiger partial charge in [-0.2, -0.15) is 0 Å². The molecule has 2 atom stereocenters. The van der Waals surface area contributed by atoms with Crippen molar-refractivity contribution in [1.29, 1.82) is 0 Å². The number of para-hydroxylation sites is 1. The molecule has 0 aromatic heterocycles. The van der Waals surface area contributed by atoms with Crippen molar-refractivity contribution in [1.82, 2.24) is 4.90 Å². The van der Waals surface area contributed by atoms with Gasteiger partial charge in [0.05, 0.1) is 24.3 Å². The van der Waals surface area contributed by atoms with Crippen LogP contribution in [0.4, 0.5) is 5.69 Å². The number of benzene rings is 2. The highest BCUT2D eigenvalue weighted by atomic mass is 32.2. The normalized spacial score (nSPS) is 23.0. The Labute approximate surface area is 207 Å². The van der Waals surface area contributed by atoms with Crippen molar-refractivity contribution in [2.24, 2.45) is 10.9 Å². The number of unbranched alkanes of at least 4 members (excludes halogenated alkanes) is 1. The van der Waals surface area contributed by atoms with Crippen LogP contribution in [0.2, 0.25) is 0 Å². The molecule has 1 saturated heterocycles. The monoisotopic (exact) mass is 478 g/mol. The van der Waals surface area contributed by atoms with Gasteiger partial charge in [0, 0.05) is 6.04 Å². The molecule has 2 aliphatic rings. The van der Waals surface area contributed by atoms with Gasteiger partial charge in [-0.15, -0.1) is 0 Å². The summed E-state index contributed by atoms with van der Waals surface area (Å²) in [6.07, 6.45) is 8.57. The second-order valence-electron chi connectivity index (χ2n) is 8.96. The van der Waals surface area contributed by atoms with E-state index in [0.29, 0.717) is 23.2 Å². The maximum atomic E-state index is 13.7. The Morgan fingerprint density at radius 1 is 1.12 bits per heavy atom. The first-order chi connectivity index (χ1) is 16.6. The molecule has 2 aromatic carbocycles. The van der Waals surface area contributed by atoms with Crippen LogP contribution in [0.25, 0.3) is 6.08 Å². The lowest BCUT2D eigenvalue weighted by Gasteiger charge is -2.35. The SMILES string of the molecule is CCCCOc1ccc(/C=C2\SC(=Nc3ccccc3)N([C@H]3CCCC[C@@H]3C)C2=O)cc1OC. The predicted molar refractivity (Wildman–Crippen MR) is 141 cm³/mol. The highest BCUT2D eigenvalue weighted by molar-refractivity contribution is 8.18. The van der Waals surface area contributed by atoms with Crippen molar-refractivity contribution in [2.45, 2.75) is 58.4 Å². The first kappa shape index (κ1) is 24.4. The molecule has 34 heavy (non-hydrogen) atoms. The minimum absolute atomic E-state index is 0.0423. The van der Waals surface area contributed by atoms with E-state index in [9.17, 15) is 4.79 Å². The van der Waals surface area contributed by atoms with Crippen LogP contribution in [0, 0.1) is 5.92 Å². The molecule has 2 aromatic rings. The number of thioether (sulfide) groups is 1. The molecule has 0 radical (unpaired) electrons. The van der Waals surface area contributed by atoms with Gasteiger partial charge in [-0.1, -0.05) is 57.4 Å². The average molecular weight is 479 g/mol. The van der Waals surface area contributed by atoms with E-state index in [4.69, 9.17) is 14.5 Å². The van der Waals surface area contributed by atoms with Crippen molar-refractivity contribution in [3.8, 4) is 11.5 Å². The minimum atomic E-state index is 0.0423. The molecule has 1 aliphatic heterocycles. The molecule has 0 unspecified atom stereocenters. The Morgan fingerprint density at radius 3 is 2.65 bits per heavy atom. The summed E-state index contributed by atoms with van der Waals surface area (Å²) in [5.74, 6) is 1.91. The van der Waals surface area contributed by atoms with Crippen molar-refractivity contribution in [2.75, 3.05) is 13.7 Å². The van der Waals surface area contributed by atoms with Crippen LogP contribution < -0.4 is 9.47 Å². The molecule has 0 spiro atoms. The molecule has 180 valence electrons. The number of aliphatic imine (C=N–C) groups is 1. The van der Waals surface area contributed by atoms with Crippen LogP contribution in [0.15, 0.2) is 58.4 Å².